The number of halogens is 2. The summed E-state index contributed by atoms with van der Waals surface area (Å²) in [6.07, 6.45) is 0. The van der Waals surface area contributed by atoms with Crippen LogP contribution in [0.4, 0.5) is 4.39 Å². The van der Waals surface area contributed by atoms with Crippen LogP contribution in [-0.2, 0) is 6.61 Å². The highest BCUT2D eigenvalue weighted by molar-refractivity contribution is 6.30. The van der Waals surface area contributed by atoms with E-state index < -0.39 is 5.82 Å². The molecule has 0 N–H and O–H groups in total. The second kappa shape index (κ2) is 5.74. The fourth-order valence-electron chi connectivity index (χ4n) is 1.52. The molecule has 0 saturated carbocycles. The number of hydrogen-bond donors (Lipinski definition) is 0. The summed E-state index contributed by atoms with van der Waals surface area (Å²) in [4.78, 5) is 0. The van der Waals surface area contributed by atoms with E-state index in [1.54, 1.807) is 42.5 Å². The third-order valence-electron chi connectivity index (χ3n) is 2.47. The molecule has 0 aliphatic carbocycles. The molecule has 2 rings (SSSR count). The van der Waals surface area contributed by atoms with Crippen molar-refractivity contribution in [2.24, 2.45) is 0 Å². The molecular weight excluding hydrogens is 255 g/mol. The minimum absolute atomic E-state index is 0.144. The van der Waals surface area contributed by atoms with Crippen molar-refractivity contribution in [3.8, 4) is 11.5 Å². The van der Waals surface area contributed by atoms with Crippen LogP contribution in [0.25, 0.3) is 0 Å². The molecule has 0 amide bonds. The standard InChI is InChI=1S/C14H12ClFO2/c1-17-13-4-2-3-10(14(13)16)9-18-12-7-5-11(15)6-8-12/h2-8H,9H2,1H3. The summed E-state index contributed by atoms with van der Waals surface area (Å²) in [7, 11) is 1.43. The molecule has 0 fully saturated rings. The Balaban J connectivity index is 2.08. The van der Waals surface area contributed by atoms with Gasteiger partial charge in [-0.15, -0.1) is 0 Å². The smallest absolute Gasteiger partial charge is 0.171 e. The Labute approximate surface area is 110 Å². The molecule has 94 valence electrons. The van der Waals surface area contributed by atoms with Crippen LogP contribution in [0.1, 0.15) is 5.56 Å². The van der Waals surface area contributed by atoms with Gasteiger partial charge in [-0.1, -0.05) is 23.7 Å². The van der Waals surface area contributed by atoms with Crippen molar-refractivity contribution in [3.63, 3.8) is 0 Å². The number of benzene rings is 2. The van der Waals surface area contributed by atoms with Gasteiger partial charge in [0, 0.05) is 10.6 Å². The molecule has 2 aromatic carbocycles. The average molecular weight is 267 g/mol. The van der Waals surface area contributed by atoms with E-state index in [2.05, 4.69) is 0 Å². The fraction of sp³-hybridized carbons (Fsp3) is 0.143. The minimum atomic E-state index is -0.394. The summed E-state index contributed by atoms with van der Waals surface area (Å²) >= 11 is 5.76. The second-order valence-electron chi connectivity index (χ2n) is 3.68. The molecule has 0 aromatic heterocycles. The van der Waals surface area contributed by atoms with Gasteiger partial charge in [-0.05, 0) is 30.3 Å². The summed E-state index contributed by atoms with van der Waals surface area (Å²) in [6.45, 7) is 0.144. The van der Waals surface area contributed by atoms with Gasteiger partial charge < -0.3 is 9.47 Å². The van der Waals surface area contributed by atoms with Gasteiger partial charge in [0.1, 0.15) is 12.4 Å². The predicted molar refractivity (Wildman–Crippen MR) is 68.7 cm³/mol. The molecule has 0 heterocycles. The Hall–Kier alpha value is -1.74. The van der Waals surface area contributed by atoms with Gasteiger partial charge in [0.15, 0.2) is 11.6 Å². The van der Waals surface area contributed by atoms with Crippen LogP contribution < -0.4 is 9.47 Å². The lowest BCUT2D eigenvalue weighted by molar-refractivity contribution is 0.295. The molecule has 0 aliphatic rings. The number of hydrogen-bond acceptors (Lipinski definition) is 2. The second-order valence-corrected chi connectivity index (χ2v) is 4.11. The van der Waals surface area contributed by atoms with Crippen molar-refractivity contribution in [2.75, 3.05) is 7.11 Å². The Morgan fingerprint density at radius 3 is 2.50 bits per heavy atom. The molecule has 4 heteroatoms. The highest BCUT2D eigenvalue weighted by Crippen LogP contribution is 2.22. The van der Waals surface area contributed by atoms with Gasteiger partial charge in [0.05, 0.1) is 7.11 Å². The number of rotatable bonds is 4. The van der Waals surface area contributed by atoms with Crippen LogP contribution in [0, 0.1) is 5.82 Å². The van der Waals surface area contributed by atoms with Crippen molar-refractivity contribution in [1.29, 1.82) is 0 Å². The maximum atomic E-state index is 13.8. The summed E-state index contributed by atoms with van der Waals surface area (Å²) in [5, 5.41) is 0.634. The fourth-order valence-corrected chi connectivity index (χ4v) is 1.64. The number of methoxy groups -OCH3 is 1. The van der Waals surface area contributed by atoms with Crippen molar-refractivity contribution in [3.05, 3.63) is 58.9 Å². The van der Waals surface area contributed by atoms with Gasteiger partial charge >= 0.3 is 0 Å². The maximum Gasteiger partial charge on any atom is 0.171 e. The summed E-state index contributed by atoms with van der Waals surface area (Å²) in [5.74, 6) is 0.461. The highest BCUT2D eigenvalue weighted by Gasteiger charge is 2.08. The van der Waals surface area contributed by atoms with Crippen molar-refractivity contribution >= 4 is 11.6 Å². The van der Waals surface area contributed by atoms with Crippen LogP contribution in [0.3, 0.4) is 0 Å². The molecule has 0 spiro atoms. The molecule has 0 unspecified atom stereocenters. The summed E-state index contributed by atoms with van der Waals surface area (Å²) < 4.78 is 24.2. The quantitative estimate of drug-likeness (QED) is 0.831. The molecular formula is C14H12ClFO2. The van der Waals surface area contributed by atoms with Crippen molar-refractivity contribution in [2.45, 2.75) is 6.61 Å². The zero-order chi connectivity index (χ0) is 13.0. The first-order valence-corrected chi connectivity index (χ1v) is 5.78. The highest BCUT2D eigenvalue weighted by atomic mass is 35.5. The van der Waals surface area contributed by atoms with E-state index in [0.29, 0.717) is 16.3 Å². The maximum absolute atomic E-state index is 13.8. The largest absolute Gasteiger partial charge is 0.494 e. The van der Waals surface area contributed by atoms with Crippen LogP contribution in [0.15, 0.2) is 42.5 Å². The van der Waals surface area contributed by atoms with Gasteiger partial charge in [-0.25, -0.2) is 4.39 Å². The monoisotopic (exact) mass is 266 g/mol. The van der Waals surface area contributed by atoms with Gasteiger partial charge in [0.2, 0.25) is 0 Å². The van der Waals surface area contributed by atoms with E-state index in [4.69, 9.17) is 21.1 Å². The first-order valence-electron chi connectivity index (χ1n) is 5.40. The molecule has 0 atom stereocenters. The number of ether oxygens (including phenoxy) is 2. The third kappa shape index (κ3) is 2.93. The van der Waals surface area contributed by atoms with Crippen molar-refractivity contribution in [1.82, 2.24) is 0 Å². The Bertz CT molecular complexity index is 526. The van der Waals surface area contributed by atoms with Gasteiger partial charge in [-0.3, -0.25) is 0 Å². The molecule has 18 heavy (non-hydrogen) atoms. The molecule has 0 saturated heterocycles. The van der Waals surface area contributed by atoms with E-state index in [9.17, 15) is 4.39 Å². The predicted octanol–water partition coefficient (Wildman–Crippen LogP) is 4.07. The lowest BCUT2D eigenvalue weighted by Gasteiger charge is -2.09. The summed E-state index contributed by atoms with van der Waals surface area (Å²) in [5.41, 5.74) is 0.448. The van der Waals surface area contributed by atoms with Crippen LogP contribution >= 0.6 is 11.6 Å². The summed E-state index contributed by atoms with van der Waals surface area (Å²) in [6, 6.07) is 11.9. The molecule has 2 nitrogen and oxygen atoms in total. The lowest BCUT2D eigenvalue weighted by atomic mass is 10.2. The Morgan fingerprint density at radius 2 is 1.83 bits per heavy atom. The van der Waals surface area contributed by atoms with Crippen LogP contribution in [0.2, 0.25) is 5.02 Å². The van der Waals surface area contributed by atoms with Crippen LogP contribution in [0.5, 0.6) is 11.5 Å². The Kier molecular flexibility index (Phi) is 4.05. The SMILES string of the molecule is COc1cccc(COc2ccc(Cl)cc2)c1F. The van der Waals surface area contributed by atoms with E-state index in [1.807, 2.05) is 0 Å². The van der Waals surface area contributed by atoms with Crippen LogP contribution in [-0.4, -0.2) is 7.11 Å². The molecule has 0 bridgehead atoms. The first kappa shape index (κ1) is 12.7. The molecule has 2 aromatic rings. The average Bonchev–Trinajstić information content (AvgIpc) is 2.39. The van der Waals surface area contributed by atoms with Crippen molar-refractivity contribution < 1.29 is 13.9 Å². The zero-order valence-electron chi connectivity index (χ0n) is 9.82. The normalized spacial score (nSPS) is 10.2. The molecule has 0 radical (unpaired) electrons. The van der Waals surface area contributed by atoms with E-state index in [1.165, 1.54) is 7.11 Å². The van der Waals surface area contributed by atoms with Gasteiger partial charge in [0.25, 0.3) is 0 Å². The lowest BCUT2D eigenvalue weighted by Crippen LogP contribution is -2.00. The Morgan fingerprint density at radius 1 is 1.11 bits per heavy atom. The first-order chi connectivity index (χ1) is 8.70. The minimum Gasteiger partial charge on any atom is -0.494 e. The zero-order valence-corrected chi connectivity index (χ0v) is 10.6. The topological polar surface area (TPSA) is 18.5 Å². The van der Waals surface area contributed by atoms with E-state index in [-0.39, 0.29) is 12.4 Å². The van der Waals surface area contributed by atoms with E-state index >= 15 is 0 Å². The van der Waals surface area contributed by atoms with Gasteiger partial charge in [-0.2, -0.15) is 0 Å². The third-order valence-corrected chi connectivity index (χ3v) is 2.72. The molecule has 0 aliphatic heterocycles. The van der Waals surface area contributed by atoms with E-state index in [0.717, 1.165) is 0 Å².